The van der Waals surface area contributed by atoms with E-state index in [0.717, 1.165) is 24.4 Å². The van der Waals surface area contributed by atoms with Crippen molar-refractivity contribution in [3.8, 4) is 0 Å². The van der Waals surface area contributed by atoms with Crippen molar-refractivity contribution < 1.29 is 4.79 Å². The molecule has 0 fully saturated rings. The predicted molar refractivity (Wildman–Crippen MR) is 121 cm³/mol. The van der Waals surface area contributed by atoms with Gasteiger partial charge in [-0.1, -0.05) is 42.5 Å². The van der Waals surface area contributed by atoms with Crippen LogP contribution in [0.2, 0.25) is 0 Å². The largest absolute Gasteiger partial charge is 0.378 e. The monoisotopic (exact) mass is 405 g/mol. The Morgan fingerprint density at radius 3 is 2.52 bits per heavy atom. The fraction of sp³-hybridized carbons (Fsp3) is 0.292. The maximum atomic E-state index is 12.5. The zero-order valence-electron chi connectivity index (χ0n) is 17.0. The van der Waals surface area contributed by atoms with E-state index < -0.39 is 0 Å². The van der Waals surface area contributed by atoms with Crippen LogP contribution in [0, 0.1) is 0 Å². The first-order valence-electron chi connectivity index (χ1n) is 10.0. The molecule has 4 nitrogen and oxygen atoms in total. The molecule has 0 saturated heterocycles. The van der Waals surface area contributed by atoms with E-state index in [2.05, 4.69) is 77.7 Å². The van der Waals surface area contributed by atoms with Crippen molar-refractivity contribution in [2.45, 2.75) is 19.0 Å². The van der Waals surface area contributed by atoms with Gasteiger partial charge in [-0.3, -0.25) is 9.69 Å². The van der Waals surface area contributed by atoms with E-state index >= 15 is 0 Å². The molecule has 1 atom stereocenters. The second kappa shape index (κ2) is 8.80. The Bertz CT molecular complexity index is 951. The highest BCUT2D eigenvalue weighted by Crippen LogP contribution is 2.29. The number of hydrogen-bond donors (Lipinski definition) is 1. The summed E-state index contributed by atoms with van der Waals surface area (Å²) in [6, 6.07) is 21.3. The highest BCUT2D eigenvalue weighted by Gasteiger charge is 2.25. The molecule has 1 aromatic heterocycles. The summed E-state index contributed by atoms with van der Waals surface area (Å²) >= 11 is 1.48. The Morgan fingerprint density at radius 1 is 1.07 bits per heavy atom. The number of anilines is 1. The maximum absolute atomic E-state index is 12.5. The van der Waals surface area contributed by atoms with Gasteiger partial charge in [0.1, 0.15) is 0 Å². The van der Waals surface area contributed by atoms with Crippen molar-refractivity contribution in [1.29, 1.82) is 0 Å². The van der Waals surface area contributed by atoms with E-state index in [-0.39, 0.29) is 11.9 Å². The minimum Gasteiger partial charge on any atom is -0.378 e. The third-order valence-electron chi connectivity index (χ3n) is 5.60. The topological polar surface area (TPSA) is 35.6 Å². The highest BCUT2D eigenvalue weighted by molar-refractivity contribution is 7.12. The average molecular weight is 406 g/mol. The molecule has 29 heavy (non-hydrogen) atoms. The zero-order chi connectivity index (χ0) is 20.2. The van der Waals surface area contributed by atoms with E-state index in [9.17, 15) is 4.79 Å². The molecule has 0 unspecified atom stereocenters. The Kier molecular flexibility index (Phi) is 5.97. The van der Waals surface area contributed by atoms with Gasteiger partial charge in [-0.25, -0.2) is 0 Å². The van der Waals surface area contributed by atoms with Crippen LogP contribution < -0.4 is 10.2 Å². The van der Waals surface area contributed by atoms with Gasteiger partial charge in [0.2, 0.25) is 0 Å². The molecule has 2 heterocycles. The molecule has 0 spiro atoms. The van der Waals surface area contributed by atoms with Crippen LogP contribution in [0.25, 0.3) is 0 Å². The second-order valence-corrected chi connectivity index (χ2v) is 8.63. The quantitative estimate of drug-likeness (QED) is 0.663. The van der Waals surface area contributed by atoms with Crippen molar-refractivity contribution in [3.05, 3.63) is 87.6 Å². The number of nitrogens with zero attached hydrogens (tertiary/aromatic N) is 2. The first-order valence-corrected chi connectivity index (χ1v) is 10.9. The Hall–Kier alpha value is -2.63. The van der Waals surface area contributed by atoms with Gasteiger partial charge in [0.15, 0.2) is 0 Å². The number of carbonyl (C=O) groups excluding carboxylic acids is 1. The van der Waals surface area contributed by atoms with Gasteiger partial charge in [0, 0.05) is 39.4 Å². The van der Waals surface area contributed by atoms with Crippen LogP contribution in [-0.2, 0) is 13.0 Å². The molecule has 0 aliphatic carbocycles. The number of thiophene rings is 1. The highest BCUT2D eigenvalue weighted by atomic mass is 32.1. The van der Waals surface area contributed by atoms with Gasteiger partial charge in [0.05, 0.1) is 10.9 Å². The van der Waals surface area contributed by atoms with E-state index in [0.29, 0.717) is 6.54 Å². The molecule has 3 aromatic rings. The summed E-state index contributed by atoms with van der Waals surface area (Å²) < 4.78 is 0. The minimum absolute atomic E-state index is 0.00678. The molecular formula is C24H27N3OS. The molecule has 0 radical (unpaired) electrons. The van der Waals surface area contributed by atoms with Crippen LogP contribution in [-0.4, -0.2) is 38.0 Å². The summed E-state index contributed by atoms with van der Waals surface area (Å²) in [5, 5.41) is 5.10. The van der Waals surface area contributed by atoms with E-state index in [1.807, 2.05) is 17.5 Å². The molecular weight excluding hydrogens is 378 g/mol. The molecule has 1 N–H and O–H groups in total. The lowest BCUT2D eigenvalue weighted by Gasteiger charge is -2.36. The lowest BCUT2D eigenvalue weighted by molar-refractivity contribution is 0.0932. The molecule has 1 aliphatic heterocycles. The van der Waals surface area contributed by atoms with Crippen LogP contribution >= 0.6 is 11.3 Å². The van der Waals surface area contributed by atoms with Crippen molar-refractivity contribution in [2.24, 2.45) is 0 Å². The summed E-state index contributed by atoms with van der Waals surface area (Å²) in [5.41, 5.74) is 5.24. The van der Waals surface area contributed by atoms with Crippen molar-refractivity contribution in [3.63, 3.8) is 0 Å². The van der Waals surface area contributed by atoms with Crippen LogP contribution in [0.1, 0.15) is 32.4 Å². The van der Waals surface area contributed by atoms with E-state index in [4.69, 9.17) is 0 Å². The minimum atomic E-state index is 0.00678. The Balaban J connectivity index is 1.56. The lowest BCUT2D eigenvalue weighted by atomic mass is 9.96. The summed E-state index contributed by atoms with van der Waals surface area (Å²) in [5.74, 6) is 0.00678. The summed E-state index contributed by atoms with van der Waals surface area (Å²) in [4.78, 5) is 17.9. The normalized spacial score (nSPS) is 14.8. The molecule has 1 aliphatic rings. The average Bonchev–Trinajstić information content (AvgIpc) is 3.29. The van der Waals surface area contributed by atoms with Crippen molar-refractivity contribution in [1.82, 2.24) is 10.2 Å². The van der Waals surface area contributed by atoms with Gasteiger partial charge >= 0.3 is 0 Å². The number of hydrogen-bond acceptors (Lipinski definition) is 4. The Labute approximate surface area is 176 Å². The standard InChI is InChI=1S/C24H27N3OS/c1-26(2)21-11-9-19(10-12-21)22(16-25-24(28)23-8-5-15-29-23)27-14-13-18-6-3-4-7-20(18)17-27/h3-12,15,22H,13-14,16-17H2,1-2H3,(H,25,28)/t22-/m0/s1. The van der Waals surface area contributed by atoms with Crippen molar-refractivity contribution in [2.75, 3.05) is 32.1 Å². The number of benzene rings is 2. The number of amides is 1. The zero-order valence-corrected chi connectivity index (χ0v) is 17.8. The van der Waals surface area contributed by atoms with Gasteiger partial charge < -0.3 is 10.2 Å². The van der Waals surface area contributed by atoms with Crippen LogP contribution in [0.3, 0.4) is 0 Å². The number of rotatable bonds is 6. The maximum Gasteiger partial charge on any atom is 0.261 e. The molecule has 1 amide bonds. The van der Waals surface area contributed by atoms with Gasteiger partial charge in [-0.15, -0.1) is 11.3 Å². The molecule has 5 heteroatoms. The van der Waals surface area contributed by atoms with Crippen molar-refractivity contribution >= 4 is 22.9 Å². The number of nitrogens with one attached hydrogen (secondary N) is 1. The van der Waals surface area contributed by atoms with Crippen LogP contribution in [0.5, 0.6) is 0 Å². The summed E-state index contributed by atoms with van der Waals surface area (Å²) in [7, 11) is 4.10. The van der Waals surface area contributed by atoms with E-state index in [1.165, 1.54) is 33.7 Å². The first kappa shape index (κ1) is 19.7. The SMILES string of the molecule is CN(C)c1ccc([C@H](CNC(=O)c2cccs2)N2CCc3ccccc3C2)cc1. The fourth-order valence-corrected chi connectivity index (χ4v) is 4.56. The predicted octanol–water partition coefficient (Wildman–Crippen LogP) is 4.34. The number of fused-ring (bicyclic) bond motifs is 1. The number of carbonyl (C=O) groups is 1. The smallest absolute Gasteiger partial charge is 0.261 e. The Morgan fingerprint density at radius 2 is 1.83 bits per heavy atom. The van der Waals surface area contributed by atoms with E-state index in [1.54, 1.807) is 0 Å². The van der Waals surface area contributed by atoms with Gasteiger partial charge in [0.25, 0.3) is 5.91 Å². The third-order valence-corrected chi connectivity index (χ3v) is 6.46. The summed E-state index contributed by atoms with van der Waals surface area (Å²) in [6.07, 6.45) is 1.04. The summed E-state index contributed by atoms with van der Waals surface area (Å²) in [6.45, 7) is 2.50. The third kappa shape index (κ3) is 4.52. The molecule has 0 bridgehead atoms. The van der Waals surface area contributed by atoms with Gasteiger partial charge in [-0.05, 0) is 46.7 Å². The van der Waals surface area contributed by atoms with Gasteiger partial charge in [-0.2, -0.15) is 0 Å². The molecule has 4 rings (SSSR count). The molecule has 0 saturated carbocycles. The van der Waals surface area contributed by atoms with Crippen LogP contribution in [0.4, 0.5) is 5.69 Å². The fourth-order valence-electron chi connectivity index (χ4n) is 3.92. The second-order valence-electron chi connectivity index (χ2n) is 7.68. The molecule has 2 aromatic carbocycles. The molecule has 150 valence electrons. The lowest BCUT2D eigenvalue weighted by Crippen LogP contribution is -2.40. The first-order chi connectivity index (χ1) is 14.1. The van der Waals surface area contributed by atoms with Crippen LogP contribution in [0.15, 0.2) is 66.0 Å².